The zero-order valence-electron chi connectivity index (χ0n) is 8.75. The van der Waals surface area contributed by atoms with E-state index in [4.69, 9.17) is 0 Å². The van der Waals surface area contributed by atoms with Crippen molar-refractivity contribution in [1.29, 1.82) is 0 Å². The molecule has 0 aromatic rings. The predicted octanol–water partition coefficient (Wildman–Crippen LogP) is 3.66. The summed E-state index contributed by atoms with van der Waals surface area (Å²) in [7, 11) is 0. The van der Waals surface area contributed by atoms with Gasteiger partial charge in [-0.2, -0.15) is 0 Å². The molecule has 0 saturated carbocycles. The van der Waals surface area contributed by atoms with E-state index in [1.165, 1.54) is 12.8 Å². The van der Waals surface area contributed by atoms with Crippen molar-refractivity contribution in [2.24, 2.45) is 0 Å². The van der Waals surface area contributed by atoms with Crippen molar-refractivity contribution in [2.75, 3.05) is 0 Å². The Morgan fingerprint density at radius 2 is 1.62 bits per heavy atom. The molecule has 0 heterocycles. The lowest BCUT2D eigenvalue weighted by atomic mass is 10.2. The van der Waals surface area contributed by atoms with Crippen molar-refractivity contribution >= 4 is 5.78 Å². The van der Waals surface area contributed by atoms with E-state index in [0.29, 0.717) is 0 Å². The standard InChI is InChI=1S/C12H20O/c1-3-5-7-9-11-12(13)10-8-6-4-2/h8-11H,3-7H2,1-2H3/b10-8+,11-9+. The van der Waals surface area contributed by atoms with Gasteiger partial charge < -0.3 is 0 Å². The highest BCUT2D eigenvalue weighted by Gasteiger charge is 1.86. The summed E-state index contributed by atoms with van der Waals surface area (Å²) >= 11 is 0. The van der Waals surface area contributed by atoms with Crippen molar-refractivity contribution in [3.8, 4) is 0 Å². The Hall–Kier alpha value is -0.850. The fourth-order valence-electron chi connectivity index (χ4n) is 0.943. The first kappa shape index (κ1) is 12.2. The maximum absolute atomic E-state index is 11.1. The number of hydrogen-bond donors (Lipinski definition) is 0. The molecule has 0 atom stereocenters. The van der Waals surface area contributed by atoms with E-state index in [2.05, 4.69) is 13.8 Å². The van der Waals surface area contributed by atoms with E-state index in [-0.39, 0.29) is 5.78 Å². The van der Waals surface area contributed by atoms with E-state index in [9.17, 15) is 4.79 Å². The van der Waals surface area contributed by atoms with Gasteiger partial charge in [0.15, 0.2) is 5.78 Å². The topological polar surface area (TPSA) is 17.1 Å². The molecule has 0 aliphatic heterocycles. The van der Waals surface area contributed by atoms with Crippen molar-refractivity contribution in [1.82, 2.24) is 0 Å². The smallest absolute Gasteiger partial charge is 0.177 e. The Balaban J connectivity index is 3.54. The molecule has 0 aromatic carbocycles. The van der Waals surface area contributed by atoms with Gasteiger partial charge >= 0.3 is 0 Å². The number of carbonyl (C=O) groups excluding carboxylic acids is 1. The maximum Gasteiger partial charge on any atom is 0.177 e. The third kappa shape index (κ3) is 9.06. The van der Waals surface area contributed by atoms with Gasteiger partial charge in [-0.25, -0.2) is 0 Å². The zero-order chi connectivity index (χ0) is 9.94. The number of ketones is 1. The van der Waals surface area contributed by atoms with Crippen molar-refractivity contribution in [3.05, 3.63) is 24.3 Å². The molecule has 1 nitrogen and oxygen atoms in total. The normalized spacial score (nSPS) is 11.5. The van der Waals surface area contributed by atoms with Crippen LogP contribution in [0.2, 0.25) is 0 Å². The molecule has 0 bridgehead atoms. The highest BCUT2D eigenvalue weighted by atomic mass is 16.1. The summed E-state index contributed by atoms with van der Waals surface area (Å²) in [6.07, 6.45) is 12.7. The van der Waals surface area contributed by atoms with Crippen LogP contribution in [-0.4, -0.2) is 5.78 Å². The molecule has 0 rings (SSSR count). The lowest BCUT2D eigenvalue weighted by Gasteiger charge is -1.87. The Bertz CT molecular complexity index is 178. The summed E-state index contributed by atoms with van der Waals surface area (Å²) in [4.78, 5) is 11.1. The van der Waals surface area contributed by atoms with Crippen LogP contribution in [0.1, 0.15) is 46.0 Å². The molecule has 0 fully saturated rings. The number of rotatable bonds is 7. The van der Waals surface area contributed by atoms with Crippen LogP contribution in [0.25, 0.3) is 0 Å². The van der Waals surface area contributed by atoms with Gasteiger partial charge in [0.2, 0.25) is 0 Å². The molecule has 0 unspecified atom stereocenters. The Labute approximate surface area is 81.5 Å². The number of carbonyl (C=O) groups is 1. The molecular formula is C12H20O. The third-order valence-corrected chi connectivity index (χ3v) is 1.74. The lowest BCUT2D eigenvalue weighted by Crippen LogP contribution is -1.84. The minimum atomic E-state index is 0.115. The summed E-state index contributed by atoms with van der Waals surface area (Å²) in [6, 6.07) is 0. The summed E-state index contributed by atoms with van der Waals surface area (Å²) in [6.45, 7) is 4.25. The van der Waals surface area contributed by atoms with E-state index >= 15 is 0 Å². The number of unbranched alkanes of at least 4 members (excludes halogenated alkanes) is 3. The summed E-state index contributed by atoms with van der Waals surface area (Å²) in [5.41, 5.74) is 0. The van der Waals surface area contributed by atoms with E-state index < -0.39 is 0 Å². The first-order chi connectivity index (χ1) is 6.31. The molecule has 0 amide bonds. The van der Waals surface area contributed by atoms with Crippen molar-refractivity contribution in [2.45, 2.75) is 46.0 Å². The van der Waals surface area contributed by atoms with Gasteiger partial charge in [0.1, 0.15) is 0 Å². The largest absolute Gasteiger partial charge is 0.290 e. The molecule has 0 aliphatic rings. The Morgan fingerprint density at radius 1 is 1.00 bits per heavy atom. The minimum Gasteiger partial charge on any atom is -0.290 e. The quantitative estimate of drug-likeness (QED) is 0.431. The summed E-state index contributed by atoms with van der Waals surface area (Å²) < 4.78 is 0. The molecule has 0 aromatic heterocycles. The molecule has 0 spiro atoms. The maximum atomic E-state index is 11.1. The van der Waals surface area contributed by atoms with Crippen LogP contribution in [0.5, 0.6) is 0 Å². The van der Waals surface area contributed by atoms with Crippen LogP contribution in [0.3, 0.4) is 0 Å². The molecule has 13 heavy (non-hydrogen) atoms. The van der Waals surface area contributed by atoms with Crippen LogP contribution < -0.4 is 0 Å². The summed E-state index contributed by atoms with van der Waals surface area (Å²) in [5.74, 6) is 0.115. The molecule has 1 heteroatoms. The van der Waals surface area contributed by atoms with Crippen LogP contribution in [0.15, 0.2) is 24.3 Å². The van der Waals surface area contributed by atoms with E-state index in [0.717, 1.165) is 19.3 Å². The van der Waals surface area contributed by atoms with Crippen LogP contribution in [-0.2, 0) is 4.79 Å². The fourth-order valence-corrected chi connectivity index (χ4v) is 0.943. The predicted molar refractivity (Wildman–Crippen MR) is 57.7 cm³/mol. The minimum absolute atomic E-state index is 0.115. The molecule has 0 N–H and O–H groups in total. The highest BCUT2D eigenvalue weighted by molar-refractivity contribution is 5.99. The second kappa shape index (κ2) is 9.24. The van der Waals surface area contributed by atoms with Gasteiger partial charge in [-0.15, -0.1) is 0 Å². The van der Waals surface area contributed by atoms with Gasteiger partial charge in [0, 0.05) is 0 Å². The van der Waals surface area contributed by atoms with Crippen LogP contribution >= 0.6 is 0 Å². The second-order valence-corrected chi connectivity index (χ2v) is 3.14. The van der Waals surface area contributed by atoms with Crippen LogP contribution in [0.4, 0.5) is 0 Å². The summed E-state index contributed by atoms with van der Waals surface area (Å²) in [5, 5.41) is 0. The SMILES string of the molecule is CCC/C=C/C(=O)/C=C/CCCC. The van der Waals surface area contributed by atoms with Gasteiger partial charge in [-0.1, -0.05) is 45.3 Å². The Kier molecular flexibility index (Phi) is 8.64. The fraction of sp³-hybridized carbons (Fsp3) is 0.583. The van der Waals surface area contributed by atoms with Gasteiger partial charge in [-0.3, -0.25) is 4.79 Å². The zero-order valence-corrected chi connectivity index (χ0v) is 8.75. The highest BCUT2D eigenvalue weighted by Crippen LogP contribution is 1.96. The molecule has 0 radical (unpaired) electrons. The third-order valence-electron chi connectivity index (χ3n) is 1.74. The average Bonchev–Trinajstić information content (AvgIpc) is 2.13. The molecule has 0 aliphatic carbocycles. The Morgan fingerprint density at radius 3 is 2.15 bits per heavy atom. The molecule has 74 valence electrons. The van der Waals surface area contributed by atoms with Gasteiger partial charge in [-0.05, 0) is 25.0 Å². The molecular weight excluding hydrogens is 160 g/mol. The monoisotopic (exact) mass is 180 g/mol. The second-order valence-electron chi connectivity index (χ2n) is 3.14. The van der Waals surface area contributed by atoms with E-state index in [1.54, 1.807) is 12.2 Å². The van der Waals surface area contributed by atoms with Crippen molar-refractivity contribution < 1.29 is 4.79 Å². The van der Waals surface area contributed by atoms with Gasteiger partial charge in [0.05, 0.1) is 0 Å². The first-order valence-corrected chi connectivity index (χ1v) is 5.18. The van der Waals surface area contributed by atoms with E-state index in [1.807, 2.05) is 12.2 Å². The van der Waals surface area contributed by atoms with Crippen LogP contribution in [0, 0.1) is 0 Å². The lowest BCUT2D eigenvalue weighted by molar-refractivity contribution is -0.110. The van der Waals surface area contributed by atoms with Gasteiger partial charge in [0.25, 0.3) is 0 Å². The average molecular weight is 180 g/mol. The number of allylic oxidation sites excluding steroid dienone is 4. The van der Waals surface area contributed by atoms with Crippen molar-refractivity contribution in [3.63, 3.8) is 0 Å². The number of hydrogen-bond acceptors (Lipinski definition) is 1. The molecule has 0 saturated heterocycles. The first-order valence-electron chi connectivity index (χ1n) is 5.18.